The third-order valence-corrected chi connectivity index (χ3v) is 4.78. The van der Waals surface area contributed by atoms with Crippen LogP contribution in [0.15, 0.2) is 46.0 Å². The number of sulfonamides is 1. The van der Waals surface area contributed by atoms with Gasteiger partial charge in [0.1, 0.15) is 26.8 Å². The number of aromatic nitrogens is 2. The van der Waals surface area contributed by atoms with Crippen LogP contribution in [0.1, 0.15) is 0 Å². The summed E-state index contributed by atoms with van der Waals surface area (Å²) in [5.74, 6) is -1.62. The Kier molecular flexibility index (Phi) is 3.61. The minimum absolute atomic E-state index is 0.105. The van der Waals surface area contributed by atoms with E-state index in [9.17, 15) is 17.2 Å². The number of halogens is 3. The minimum atomic E-state index is -4.09. The van der Waals surface area contributed by atoms with Crippen LogP contribution in [0.25, 0.3) is 11.0 Å². The Balaban J connectivity index is 2.07. The maximum atomic E-state index is 13.6. The molecule has 0 aliphatic carbocycles. The lowest BCUT2D eigenvalue weighted by Crippen LogP contribution is -2.13. The highest BCUT2D eigenvalue weighted by Crippen LogP contribution is 2.26. The van der Waals surface area contributed by atoms with Gasteiger partial charge >= 0.3 is 0 Å². The van der Waals surface area contributed by atoms with Crippen molar-refractivity contribution in [2.24, 2.45) is 0 Å². The Morgan fingerprint density at radius 2 is 1.95 bits per heavy atom. The van der Waals surface area contributed by atoms with E-state index in [1.165, 1.54) is 6.20 Å². The molecule has 3 aromatic rings. The molecule has 0 spiro atoms. The normalized spacial score (nSPS) is 11.8. The summed E-state index contributed by atoms with van der Waals surface area (Å²) >= 11 is 3.18. The lowest BCUT2D eigenvalue weighted by molar-refractivity contribution is 0.595. The predicted octanol–water partition coefficient (Wildman–Crippen LogP) is 3.40. The summed E-state index contributed by atoms with van der Waals surface area (Å²) in [4.78, 5) is 6.70. The number of rotatable bonds is 3. The summed E-state index contributed by atoms with van der Waals surface area (Å²) in [6.07, 6.45) is 1.24. The number of pyridine rings is 1. The van der Waals surface area contributed by atoms with Crippen molar-refractivity contribution in [2.75, 3.05) is 4.72 Å². The average molecular weight is 388 g/mol. The summed E-state index contributed by atoms with van der Waals surface area (Å²) in [6, 6.07) is 5.66. The Morgan fingerprint density at radius 1 is 1.18 bits per heavy atom. The maximum Gasteiger partial charge on any atom is 0.264 e. The molecular formula is C13H8BrF2N3O2S. The largest absolute Gasteiger partial charge is 0.345 e. The van der Waals surface area contributed by atoms with Crippen molar-refractivity contribution < 1.29 is 17.2 Å². The zero-order valence-electron chi connectivity index (χ0n) is 10.8. The van der Waals surface area contributed by atoms with Crippen LogP contribution in [0, 0.1) is 11.6 Å². The van der Waals surface area contributed by atoms with E-state index in [1.807, 2.05) is 4.72 Å². The smallest absolute Gasteiger partial charge is 0.264 e. The van der Waals surface area contributed by atoms with Gasteiger partial charge in [-0.2, -0.15) is 0 Å². The van der Waals surface area contributed by atoms with Crippen molar-refractivity contribution >= 4 is 42.7 Å². The van der Waals surface area contributed by atoms with Crippen molar-refractivity contribution in [2.45, 2.75) is 4.90 Å². The van der Waals surface area contributed by atoms with E-state index in [1.54, 1.807) is 12.1 Å². The SMILES string of the molecule is O=S(=O)(Nc1cc(F)ccc1F)c1c[nH]c2nc(Br)ccc12. The number of aromatic amines is 1. The number of anilines is 1. The molecule has 0 saturated heterocycles. The van der Waals surface area contributed by atoms with Crippen LogP contribution >= 0.6 is 15.9 Å². The van der Waals surface area contributed by atoms with Gasteiger partial charge in [-0.25, -0.2) is 22.2 Å². The maximum absolute atomic E-state index is 13.6. The van der Waals surface area contributed by atoms with Crippen LogP contribution in [0.3, 0.4) is 0 Å². The van der Waals surface area contributed by atoms with Crippen LogP contribution < -0.4 is 4.72 Å². The van der Waals surface area contributed by atoms with E-state index in [0.717, 1.165) is 18.2 Å². The number of nitrogens with one attached hydrogen (secondary N) is 2. The molecule has 0 unspecified atom stereocenters. The standard InChI is InChI=1S/C13H8BrF2N3O2S/c14-12-4-2-8-11(6-17-13(8)18-12)22(20,21)19-10-5-7(15)1-3-9(10)16/h1-6,19H,(H,17,18). The number of hydrogen-bond donors (Lipinski definition) is 2. The summed E-state index contributed by atoms with van der Waals surface area (Å²) in [6.45, 7) is 0. The lowest BCUT2D eigenvalue weighted by atomic mass is 10.3. The highest BCUT2D eigenvalue weighted by Gasteiger charge is 2.21. The fourth-order valence-corrected chi connectivity index (χ4v) is 3.49. The fourth-order valence-electron chi connectivity index (χ4n) is 1.95. The molecule has 5 nitrogen and oxygen atoms in total. The van der Waals surface area contributed by atoms with E-state index in [0.29, 0.717) is 15.6 Å². The molecule has 22 heavy (non-hydrogen) atoms. The Hall–Kier alpha value is -2.00. The van der Waals surface area contributed by atoms with E-state index in [2.05, 4.69) is 25.9 Å². The van der Waals surface area contributed by atoms with E-state index >= 15 is 0 Å². The monoisotopic (exact) mass is 387 g/mol. The van der Waals surface area contributed by atoms with Gasteiger partial charge in [0.25, 0.3) is 10.0 Å². The van der Waals surface area contributed by atoms with Crippen molar-refractivity contribution in [3.05, 3.63) is 52.8 Å². The molecule has 0 aliphatic heterocycles. The van der Waals surface area contributed by atoms with Gasteiger partial charge in [-0.05, 0) is 40.2 Å². The van der Waals surface area contributed by atoms with Gasteiger partial charge < -0.3 is 4.98 Å². The molecule has 0 saturated carbocycles. The van der Waals surface area contributed by atoms with Crippen LogP contribution in [0.4, 0.5) is 14.5 Å². The van der Waals surface area contributed by atoms with Crippen LogP contribution in [-0.2, 0) is 10.0 Å². The molecule has 9 heteroatoms. The molecule has 0 amide bonds. The second kappa shape index (κ2) is 5.33. The highest BCUT2D eigenvalue weighted by atomic mass is 79.9. The Morgan fingerprint density at radius 3 is 2.73 bits per heavy atom. The van der Waals surface area contributed by atoms with Gasteiger partial charge in [0.2, 0.25) is 0 Å². The first-order valence-electron chi connectivity index (χ1n) is 5.98. The summed E-state index contributed by atoms with van der Waals surface area (Å²) < 4.78 is 54.0. The highest BCUT2D eigenvalue weighted by molar-refractivity contribution is 9.10. The number of benzene rings is 1. The molecule has 0 atom stereocenters. The summed E-state index contributed by atoms with van der Waals surface area (Å²) in [5, 5.41) is 0.340. The van der Waals surface area contributed by atoms with Gasteiger partial charge in [-0.1, -0.05) is 0 Å². The van der Waals surface area contributed by atoms with Crippen LogP contribution in [0.5, 0.6) is 0 Å². The first-order valence-corrected chi connectivity index (χ1v) is 8.26. The first-order chi connectivity index (χ1) is 10.4. The summed E-state index contributed by atoms with van der Waals surface area (Å²) in [5.41, 5.74) is -0.103. The molecule has 114 valence electrons. The molecular weight excluding hydrogens is 380 g/mol. The molecule has 0 aliphatic rings. The third kappa shape index (κ3) is 2.69. The molecule has 1 aromatic carbocycles. The van der Waals surface area contributed by atoms with Gasteiger partial charge in [0.05, 0.1) is 5.69 Å². The third-order valence-electron chi connectivity index (χ3n) is 2.93. The number of hydrogen-bond acceptors (Lipinski definition) is 3. The molecule has 0 radical (unpaired) electrons. The van der Waals surface area contributed by atoms with E-state index < -0.39 is 27.3 Å². The van der Waals surface area contributed by atoms with E-state index in [4.69, 9.17) is 0 Å². The lowest BCUT2D eigenvalue weighted by Gasteiger charge is -2.08. The molecule has 2 N–H and O–H groups in total. The van der Waals surface area contributed by atoms with Crippen molar-refractivity contribution in [3.8, 4) is 0 Å². The van der Waals surface area contributed by atoms with Crippen LogP contribution in [0.2, 0.25) is 0 Å². The van der Waals surface area contributed by atoms with Gasteiger partial charge in [-0.15, -0.1) is 0 Å². The number of nitrogens with zero attached hydrogens (tertiary/aromatic N) is 1. The second-order valence-electron chi connectivity index (χ2n) is 4.41. The molecule has 3 rings (SSSR count). The summed E-state index contributed by atoms with van der Waals surface area (Å²) in [7, 11) is -4.09. The van der Waals surface area contributed by atoms with Crippen molar-refractivity contribution in [1.82, 2.24) is 9.97 Å². The minimum Gasteiger partial charge on any atom is -0.345 e. The second-order valence-corrected chi connectivity index (χ2v) is 6.88. The molecule has 0 fully saturated rings. The van der Waals surface area contributed by atoms with Gasteiger partial charge in [-0.3, -0.25) is 4.72 Å². The Bertz CT molecular complexity index is 973. The van der Waals surface area contributed by atoms with Crippen molar-refractivity contribution in [3.63, 3.8) is 0 Å². The predicted molar refractivity (Wildman–Crippen MR) is 81.0 cm³/mol. The number of H-pyrrole nitrogens is 1. The molecule has 2 heterocycles. The van der Waals surface area contributed by atoms with Gasteiger partial charge in [0.15, 0.2) is 0 Å². The van der Waals surface area contributed by atoms with Crippen molar-refractivity contribution in [1.29, 1.82) is 0 Å². The fraction of sp³-hybridized carbons (Fsp3) is 0. The van der Waals surface area contributed by atoms with Crippen LogP contribution in [-0.4, -0.2) is 18.4 Å². The molecule has 2 aromatic heterocycles. The first kappa shape index (κ1) is 14.9. The van der Waals surface area contributed by atoms with Gasteiger partial charge in [0, 0.05) is 17.6 Å². The number of fused-ring (bicyclic) bond motifs is 1. The average Bonchev–Trinajstić information content (AvgIpc) is 2.86. The zero-order chi connectivity index (χ0) is 15.9. The molecule has 0 bridgehead atoms. The Labute approximate surface area is 132 Å². The van der Waals surface area contributed by atoms with E-state index in [-0.39, 0.29) is 4.90 Å². The topological polar surface area (TPSA) is 74.8 Å². The zero-order valence-corrected chi connectivity index (χ0v) is 13.2. The quantitative estimate of drug-likeness (QED) is 0.676.